The predicted molar refractivity (Wildman–Crippen MR) is 130 cm³/mol. The molecule has 0 aromatic heterocycles. The van der Waals surface area contributed by atoms with E-state index in [0.717, 1.165) is 0 Å². The van der Waals surface area contributed by atoms with Crippen molar-refractivity contribution in [1.82, 2.24) is 9.21 Å². The van der Waals surface area contributed by atoms with E-state index in [2.05, 4.69) is 5.32 Å². The molecule has 0 aliphatic carbocycles. The number of nitrogens with one attached hydrogen (secondary N) is 1. The number of amides is 2. The van der Waals surface area contributed by atoms with Crippen LogP contribution in [-0.2, 0) is 29.2 Å². The van der Waals surface area contributed by atoms with Gasteiger partial charge in [-0.05, 0) is 48.5 Å². The van der Waals surface area contributed by atoms with Crippen LogP contribution in [0.3, 0.4) is 0 Å². The van der Waals surface area contributed by atoms with E-state index in [9.17, 15) is 18.0 Å². The molecular formula is C23H27N3O10S. The Kier molecular flexibility index (Phi) is 10.4. The lowest BCUT2D eigenvalue weighted by Gasteiger charge is -2.34. The fourth-order valence-electron chi connectivity index (χ4n) is 3.15. The Morgan fingerprint density at radius 1 is 0.865 bits per heavy atom. The molecule has 2 amide bonds. The van der Waals surface area contributed by atoms with Crippen LogP contribution in [0.15, 0.2) is 53.4 Å². The number of rotatable bonds is 7. The van der Waals surface area contributed by atoms with Crippen LogP contribution >= 0.6 is 0 Å². The van der Waals surface area contributed by atoms with Crippen molar-refractivity contribution in [3.05, 3.63) is 48.5 Å². The van der Waals surface area contributed by atoms with Gasteiger partial charge in [-0.1, -0.05) is 0 Å². The fraction of sp³-hybridized carbons (Fsp3) is 0.304. The minimum absolute atomic E-state index is 0.121. The average molecular weight is 538 g/mol. The minimum Gasteiger partial charge on any atom is -0.497 e. The van der Waals surface area contributed by atoms with Gasteiger partial charge in [0.1, 0.15) is 11.5 Å². The lowest BCUT2D eigenvalue weighted by atomic mass is 10.3. The van der Waals surface area contributed by atoms with Gasteiger partial charge in [0.15, 0.2) is 6.61 Å². The van der Waals surface area contributed by atoms with Crippen LogP contribution in [0.4, 0.5) is 5.69 Å². The van der Waals surface area contributed by atoms with Gasteiger partial charge in [0.25, 0.3) is 5.91 Å². The van der Waals surface area contributed by atoms with Crippen molar-refractivity contribution in [2.75, 3.05) is 45.2 Å². The van der Waals surface area contributed by atoms with E-state index in [1.807, 2.05) is 0 Å². The molecule has 3 rings (SSSR count). The van der Waals surface area contributed by atoms with Crippen molar-refractivity contribution in [2.45, 2.75) is 11.8 Å². The topological polar surface area (TPSA) is 180 Å². The highest BCUT2D eigenvalue weighted by Gasteiger charge is 2.30. The van der Waals surface area contributed by atoms with Crippen molar-refractivity contribution in [3.8, 4) is 11.5 Å². The van der Waals surface area contributed by atoms with Crippen LogP contribution in [0.2, 0.25) is 0 Å². The van der Waals surface area contributed by atoms with Crippen LogP contribution < -0.4 is 14.8 Å². The quantitative estimate of drug-likeness (QED) is 0.426. The van der Waals surface area contributed by atoms with Gasteiger partial charge < -0.3 is 29.9 Å². The second-order valence-electron chi connectivity index (χ2n) is 7.56. The molecule has 0 atom stereocenters. The molecule has 0 saturated carbocycles. The SMILES string of the molecule is COc1ccc(OCC(=O)N2CCN(S(=O)(=O)c3ccc(NC(C)=O)cc3)CC2)cc1.O=C(O)C(=O)O. The summed E-state index contributed by atoms with van der Waals surface area (Å²) < 4.78 is 37.7. The zero-order valence-corrected chi connectivity index (χ0v) is 20.9. The van der Waals surface area contributed by atoms with Crippen molar-refractivity contribution in [3.63, 3.8) is 0 Å². The second kappa shape index (κ2) is 13.2. The molecule has 2 aromatic carbocycles. The van der Waals surface area contributed by atoms with E-state index in [4.69, 9.17) is 29.3 Å². The largest absolute Gasteiger partial charge is 0.497 e. The summed E-state index contributed by atoms with van der Waals surface area (Å²) in [5.41, 5.74) is 0.527. The molecule has 0 radical (unpaired) electrons. The molecule has 1 aliphatic rings. The number of methoxy groups -OCH3 is 1. The zero-order chi connectivity index (χ0) is 27.6. The number of piperazine rings is 1. The predicted octanol–water partition coefficient (Wildman–Crippen LogP) is 0.721. The Balaban J connectivity index is 0.000000717. The summed E-state index contributed by atoms with van der Waals surface area (Å²) >= 11 is 0. The van der Waals surface area contributed by atoms with Gasteiger partial charge in [0.05, 0.1) is 12.0 Å². The number of benzene rings is 2. The van der Waals surface area contributed by atoms with Gasteiger partial charge in [-0.15, -0.1) is 0 Å². The third-order valence-corrected chi connectivity index (χ3v) is 6.92. The number of carbonyl (C=O) groups excluding carboxylic acids is 2. The second-order valence-corrected chi connectivity index (χ2v) is 9.50. The van der Waals surface area contributed by atoms with Gasteiger partial charge in [0.2, 0.25) is 15.9 Å². The number of anilines is 1. The van der Waals surface area contributed by atoms with Crippen LogP contribution in [-0.4, -0.2) is 91.5 Å². The average Bonchev–Trinajstić information content (AvgIpc) is 2.88. The molecule has 200 valence electrons. The van der Waals surface area contributed by atoms with E-state index in [-0.39, 0.29) is 49.5 Å². The minimum atomic E-state index is -3.68. The summed E-state index contributed by atoms with van der Waals surface area (Å²) in [7, 11) is -2.11. The smallest absolute Gasteiger partial charge is 0.414 e. The Morgan fingerprint density at radius 3 is 1.84 bits per heavy atom. The highest BCUT2D eigenvalue weighted by molar-refractivity contribution is 7.89. The molecule has 0 bridgehead atoms. The fourth-order valence-corrected chi connectivity index (χ4v) is 4.57. The summed E-state index contributed by atoms with van der Waals surface area (Å²) in [5, 5.41) is 17.4. The summed E-state index contributed by atoms with van der Waals surface area (Å²) in [6.07, 6.45) is 0. The monoisotopic (exact) mass is 537 g/mol. The molecular weight excluding hydrogens is 510 g/mol. The van der Waals surface area contributed by atoms with Crippen molar-refractivity contribution in [1.29, 1.82) is 0 Å². The number of sulfonamides is 1. The normalized spacial score (nSPS) is 13.5. The van der Waals surface area contributed by atoms with Crippen molar-refractivity contribution < 1.29 is 47.3 Å². The molecule has 3 N–H and O–H groups in total. The van der Waals surface area contributed by atoms with Crippen molar-refractivity contribution in [2.24, 2.45) is 0 Å². The maximum atomic E-state index is 12.9. The summed E-state index contributed by atoms with van der Waals surface area (Å²) in [4.78, 5) is 43.5. The lowest BCUT2D eigenvalue weighted by molar-refractivity contribution is -0.159. The number of hydrogen-bond donors (Lipinski definition) is 3. The Hall–Kier alpha value is -4.17. The van der Waals surface area contributed by atoms with Crippen LogP contribution in [0.1, 0.15) is 6.92 Å². The highest BCUT2D eigenvalue weighted by atomic mass is 32.2. The van der Waals surface area contributed by atoms with Gasteiger partial charge in [-0.25, -0.2) is 18.0 Å². The van der Waals surface area contributed by atoms with Gasteiger partial charge in [-0.3, -0.25) is 9.59 Å². The number of ether oxygens (including phenoxy) is 2. The van der Waals surface area contributed by atoms with Crippen molar-refractivity contribution >= 4 is 39.5 Å². The van der Waals surface area contributed by atoms with Gasteiger partial charge in [-0.2, -0.15) is 4.31 Å². The molecule has 1 fully saturated rings. The third kappa shape index (κ3) is 8.77. The number of carboxylic acids is 2. The first-order valence-corrected chi connectivity index (χ1v) is 12.3. The summed E-state index contributed by atoms with van der Waals surface area (Å²) in [6, 6.07) is 12.9. The molecule has 1 aliphatic heterocycles. The molecule has 13 nitrogen and oxygen atoms in total. The molecule has 37 heavy (non-hydrogen) atoms. The number of hydrogen-bond acceptors (Lipinski definition) is 8. The van der Waals surface area contributed by atoms with Gasteiger partial charge in [0, 0.05) is 38.8 Å². The maximum Gasteiger partial charge on any atom is 0.414 e. The molecule has 0 unspecified atom stereocenters. The zero-order valence-electron chi connectivity index (χ0n) is 20.1. The highest BCUT2D eigenvalue weighted by Crippen LogP contribution is 2.20. The number of aliphatic carboxylic acids is 2. The molecule has 1 heterocycles. The molecule has 1 saturated heterocycles. The first-order valence-electron chi connectivity index (χ1n) is 10.8. The van der Waals surface area contributed by atoms with E-state index in [0.29, 0.717) is 17.2 Å². The third-order valence-electron chi connectivity index (χ3n) is 5.01. The molecule has 0 spiro atoms. The Labute approximate surface area is 213 Å². The van der Waals surface area contributed by atoms with Crippen LogP contribution in [0.25, 0.3) is 0 Å². The van der Waals surface area contributed by atoms with Crippen LogP contribution in [0, 0.1) is 0 Å². The van der Waals surface area contributed by atoms with E-state index < -0.39 is 22.0 Å². The van der Waals surface area contributed by atoms with Crippen LogP contribution in [0.5, 0.6) is 11.5 Å². The number of carboxylic acid groups (broad SMARTS) is 2. The standard InChI is InChI=1S/C21H25N3O6S.C2H2O4/c1-16(25)22-17-3-9-20(10-4-17)31(27,28)24-13-11-23(12-14-24)21(26)15-30-19-7-5-18(29-2)6-8-19;3-1(4)2(5)6/h3-10H,11-15H2,1-2H3,(H,22,25);(H,3,4)(H,5,6). The number of nitrogens with zero attached hydrogens (tertiary/aromatic N) is 2. The maximum absolute atomic E-state index is 12.9. The number of carbonyl (C=O) groups is 4. The Morgan fingerprint density at radius 2 is 1.38 bits per heavy atom. The van der Waals surface area contributed by atoms with E-state index >= 15 is 0 Å². The van der Waals surface area contributed by atoms with Gasteiger partial charge >= 0.3 is 11.9 Å². The van der Waals surface area contributed by atoms with E-state index in [1.54, 1.807) is 48.4 Å². The molecule has 14 heteroatoms. The Bertz CT molecular complexity index is 1190. The lowest BCUT2D eigenvalue weighted by Crippen LogP contribution is -2.51. The first-order chi connectivity index (χ1) is 17.4. The van der Waals surface area contributed by atoms with E-state index in [1.165, 1.54) is 23.4 Å². The summed E-state index contributed by atoms with van der Waals surface area (Å²) in [5.74, 6) is -2.83. The molecule has 2 aromatic rings. The summed E-state index contributed by atoms with van der Waals surface area (Å²) in [6.45, 7) is 2.23. The first kappa shape index (κ1) is 29.1.